The number of aliphatic hydroxyl groups is 1. The van der Waals surface area contributed by atoms with Crippen LogP contribution < -0.4 is 21.1 Å². The number of H-pyrrole nitrogens is 1. The van der Waals surface area contributed by atoms with E-state index in [0.29, 0.717) is 61.7 Å². The Labute approximate surface area is 231 Å². The molecule has 2 aromatic carbocycles. The van der Waals surface area contributed by atoms with Crippen molar-refractivity contribution in [3.8, 4) is 28.3 Å². The van der Waals surface area contributed by atoms with E-state index in [1.54, 1.807) is 11.0 Å². The Morgan fingerprint density at radius 1 is 1.10 bits per heavy atom. The molecule has 0 bridgehead atoms. The molecule has 1 aliphatic heterocycles. The molecule has 6 N–H and O–H groups in total. The zero-order valence-electron chi connectivity index (χ0n) is 22.3. The molecule has 4 aromatic rings. The smallest absolute Gasteiger partial charge is 0.251 e. The fourth-order valence-corrected chi connectivity index (χ4v) is 4.86. The maximum atomic E-state index is 12.5. The number of likely N-dealkylation sites (N-methyl/N-ethyl adjacent to an activating group) is 1. The van der Waals surface area contributed by atoms with Gasteiger partial charge in [-0.25, -0.2) is 9.97 Å². The van der Waals surface area contributed by atoms with E-state index in [2.05, 4.69) is 25.6 Å². The van der Waals surface area contributed by atoms with Crippen LogP contribution in [0.1, 0.15) is 23.2 Å². The molecular formula is C29H33N7O4. The molecule has 0 radical (unpaired) electrons. The third-order valence-corrected chi connectivity index (χ3v) is 7.03. The van der Waals surface area contributed by atoms with Gasteiger partial charge in [-0.15, -0.1) is 0 Å². The molecule has 1 fully saturated rings. The minimum Gasteiger partial charge on any atom is -0.488 e. The number of anilines is 1. The number of amides is 2. The Morgan fingerprint density at radius 2 is 1.93 bits per heavy atom. The SMILES string of the molecule is CNCCNC(=O)c1cccc(-c2cc3c(-c4ccc(OC5CCN(C(=O)CO)CC5)c(N)c4)ncnc3[nH]2)c1. The van der Waals surface area contributed by atoms with Gasteiger partial charge in [-0.2, -0.15) is 0 Å². The van der Waals surface area contributed by atoms with Crippen molar-refractivity contribution >= 4 is 28.5 Å². The second kappa shape index (κ2) is 12.1. The lowest BCUT2D eigenvalue weighted by Gasteiger charge is -2.32. The number of benzene rings is 2. The zero-order chi connectivity index (χ0) is 28.1. The summed E-state index contributed by atoms with van der Waals surface area (Å²) in [5, 5.41) is 15.8. The highest BCUT2D eigenvalue weighted by Crippen LogP contribution is 2.34. The van der Waals surface area contributed by atoms with E-state index in [1.165, 1.54) is 6.33 Å². The largest absolute Gasteiger partial charge is 0.488 e. The van der Waals surface area contributed by atoms with Crippen LogP contribution >= 0.6 is 0 Å². The zero-order valence-corrected chi connectivity index (χ0v) is 22.3. The van der Waals surface area contributed by atoms with Crippen LogP contribution in [0.15, 0.2) is 54.9 Å². The molecule has 208 valence electrons. The number of likely N-dealkylation sites (tertiary alicyclic amines) is 1. The van der Waals surface area contributed by atoms with E-state index >= 15 is 0 Å². The molecule has 3 heterocycles. The lowest BCUT2D eigenvalue weighted by Crippen LogP contribution is -2.42. The molecule has 0 spiro atoms. The molecule has 0 atom stereocenters. The molecule has 11 nitrogen and oxygen atoms in total. The van der Waals surface area contributed by atoms with E-state index < -0.39 is 6.61 Å². The van der Waals surface area contributed by atoms with Gasteiger partial charge in [-0.3, -0.25) is 9.59 Å². The summed E-state index contributed by atoms with van der Waals surface area (Å²) in [6.07, 6.45) is 2.79. The first-order valence-corrected chi connectivity index (χ1v) is 13.3. The van der Waals surface area contributed by atoms with Crippen LogP contribution in [0.2, 0.25) is 0 Å². The summed E-state index contributed by atoms with van der Waals surface area (Å²) < 4.78 is 6.15. The predicted molar refractivity (Wildman–Crippen MR) is 153 cm³/mol. The minimum atomic E-state index is -0.473. The monoisotopic (exact) mass is 543 g/mol. The van der Waals surface area contributed by atoms with Gasteiger partial charge in [-0.1, -0.05) is 12.1 Å². The maximum absolute atomic E-state index is 12.5. The number of carbonyl (C=O) groups is 2. The van der Waals surface area contributed by atoms with E-state index in [-0.39, 0.29) is 17.9 Å². The fourth-order valence-electron chi connectivity index (χ4n) is 4.86. The summed E-state index contributed by atoms with van der Waals surface area (Å²) in [5.74, 6) is 0.195. The molecule has 0 saturated carbocycles. The third kappa shape index (κ3) is 5.90. The van der Waals surface area contributed by atoms with E-state index in [1.807, 2.05) is 49.5 Å². The van der Waals surface area contributed by atoms with Gasteiger partial charge in [0.15, 0.2) is 0 Å². The average Bonchev–Trinajstić information content (AvgIpc) is 3.43. The lowest BCUT2D eigenvalue weighted by molar-refractivity contribution is -0.135. The highest BCUT2D eigenvalue weighted by atomic mass is 16.5. The number of piperidine rings is 1. The molecule has 2 aromatic heterocycles. The Hall–Kier alpha value is -4.48. The van der Waals surface area contributed by atoms with Crippen molar-refractivity contribution in [1.82, 2.24) is 30.5 Å². The number of hydrogen-bond acceptors (Lipinski definition) is 8. The number of nitrogens with zero attached hydrogens (tertiary/aromatic N) is 3. The van der Waals surface area contributed by atoms with Crippen molar-refractivity contribution in [1.29, 1.82) is 0 Å². The van der Waals surface area contributed by atoms with Gasteiger partial charge in [0.05, 0.1) is 11.4 Å². The predicted octanol–water partition coefficient (Wildman–Crippen LogP) is 2.19. The standard InChI is InChI=1S/C29H33N7O4/c1-31-9-10-32-29(39)20-4-2-3-18(13-20)24-15-22-27(33-17-34-28(22)35-24)19-5-6-25(23(30)14-19)40-21-7-11-36(12-8-21)26(38)16-37/h2-6,13-15,17,21,31,37H,7-12,16,30H2,1H3,(H,32,39)(H,33,34,35). The maximum Gasteiger partial charge on any atom is 0.251 e. The highest BCUT2D eigenvalue weighted by molar-refractivity contribution is 5.97. The van der Waals surface area contributed by atoms with Gasteiger partial charge in [0.2, 0.25) is 5.91 Å². The molecule has 1 saturated heterocycles. The Balaban J connectivity index is 1.34. The van der Waals surface area contributed by atoms with Crippen LogP contribution in [0.5, 0.6) is 5.75 Å². The number of aliphatic hydroxyl groups excluding tert-OH is 1. The second-order valence-electron chi connectivity index (χ2n) is 9.72. The van der Waals surface area contributed by atoms with Crippen molar-refractivity contribution in [2.45, 2.75) is 18.9 Å². The van der Waals surface area contributed by atoms with E-state index in [9.17, 15) is 9.59 Å². The summed E-state index contributed by atoms with van der Waals surface area (Å²) in [4.78, 5) is 38.2. The molecule has 11 heteroatoms. The average molecular weight is 544 g/mol. The van der Waals surface area contributed by atoms with Crippen LogP contribution in [0, 0.1) is 0 Å². The Kier molecular flexibility index (Phi) is 8.23. The molecule has 0 aliphatic carbocycles. The van der Waals surface area contributed by atoms with Crippen LogP contribution in [0.25, 0.3) is 33.5 Å². The van der Waals surface area contributed by atoms with Crippen LogP contribution in [-0.2, 0) is 4.79 Å². The molecule has 0 unspecified atom stereocenters. The number of aromatic amines is 1. The van der Waals surface area contributed by atoms with Crippen molar-refractivity contribution < 1.29 is 19.4 Å². The van der Waals surface area contributed by atoms with E-state index in [0.717, 1.165) is 27.9 Å². The normalized spacial score (nSPS) is 13.9. The summed E-state index contributed by atoms with van der Waals surface area (Å²) in [7, 11) is 1.84. The summed E-state index contributed by atoms with van der Waals surface area (Å²) >= 11 is 0. The fraction of sp³-hybridized carbons (Fsp3) is 0.310. The summed E-state index contributed by atoms with van der Waals surface area (Å²) in [5.41, 5.74) is 11.4. The van der Waals surface area contributed by atoms with Gasteiger partial charge in [0, 0.05) is 61.2 Å². The van der Waals surface area contributed by atoms with Crippen molar-refractivity contribution in [2.75, 3.05) is 45.6 Å². The van der Waals surface area contributed by atoms with Crippen LogP contribution in [0.4, 0.5) is 5.69 Å². The quantitative estimate of drug-likeness (QED) is 0.159. The number of rotatable bonds is 9. The summed E-state index contributed by atoms with van der Waals surface area (Å²) in [6.45, 7) is 1.85. The van der Waals surface area contributed by atoms with E-state index in [4.69, 9.17) is 15.6 Å². The molecule has 40 heavy (non-hydrogen) atoms. The second-order valence-corrected chi connectivity index (χ2v) is 9.72. The molecular weight excluding hydrogens is 510 g/mol. The number of fused-ring (bicyclic) bond motifs is 1. The number of hydrogen-bond donors (Lipinski definition) is 5. The minimum absolute atomic E-state index is 0.0601. The van der Waals surface area contributed by atoms with Gasteiger partial charge in [-0.05, 0) is 49.0 Å². The topological polar surface area (TPSA) is 158 Å². The summed E-state index contributed by atoms with van der Waals surface area (Å²) in [6, 6.07) is 15.0. The van der Waals surface area contributed by atoms with Gasteiger partial charge in [0.1, 0.15) is 30.4 Å². The number of carbonyl (C=O) groups excluding carboxylic acids is 2. The van der Waals surface area contributed by atoms with Crippen LogP contribution in [-0.4, -0.2) is 82.7 Å². The van der Waals surface area contributed by atoms with Crippen molar-refractivity contribution in [3.63, 3.8) is 0 Å². The number of aromatic nitrogens is 3. The molecule has 2 amide bonds. The van der Waals surface area contributed by atoms with Gasteiger partial charge in [0.25, 0.3) is 5.91 Å². The first-order chi connectivity index (χ1) is 19.5. The van der Waals surface area contributed by atoms with Crippen molar-refractivity contribution in [3.05, 3.63) is 60.4 Å². The molecule has 5 rings (SSSR count). The number of ether oxygens (including phenoxy) is 1. The Morgan fingerprint density at radius 3 is 2.67 bits per heavy atom. The first kappa shape index (κ1) is 27.1. The van der Waals surface area contributed by atoms with Gasteiger partial charge < -0.3 is 36.1 Å². The highest BCUT2D eigenvalue weighted by Gasteiger charge is 2.24. The Bertz CT molecular complexity index is 1510. The first-order valence-electron chi connectivity index (χ1n) is 13.3. The lowest BCUT2D eigenvalue weighted by atomic mass is 10.1. The molecule has 1 aliphatic rings. The number of nitrogens with two attached hydrogens (primary N) is 1. The van der Waals surface area contributed by atoms with Gasteiger partial charge >= 0.3 is 0 Å². The van der Waals surface area contributed by atoms with Crippen LogP contribution in [0.3, 0.4) is 0 Å². The number of nitrogens with one attached hydrogen (secondary N) is 3. The number of nitrogen functional groups attached to an aromatic ring is 1. The third-order valence-electron chi connectivity index (χ3n) is 7.03. The van der Waals surface area contributed by atoms with Crippen molar-refractivity contribution in [2.24, 2.45) is 0 Å².